The van der Waals surface area contributed by atoms with Crippen molar-refractivity contribution >= 4 is 0 Å². The Bertz CT molecular complexity index is 51.3. The summed E-state index contributed by atoms with van der Waals surface area (Å²) in [6.45, 7) is 3.12. The molecule has 0 heterocycles. The van der Waals surface area contributed by atoms with E-state index in [0.29, 0.717) is 6.54 Å². The second-order valence-corrected chi connectivity index (χ2v) is 1.40. The van der Waals surface area contributed by atoms with Crippen molar-refractivity contribution in [2.24, 2.45) is 5.90 Å². The minimum atomic E-state index is -0.880. The number of aliphatic hydroxyl groups excluding tert-OH is 1. The van der Waals surface area contributed by atoms with Crippen LogP contribution in [-0.2, 0) is 4.84 Å². The lowest BCUT2D eigenvalue weighted by molar-refractivity contribution is -0.0982. The lowest BCUT2D eigenvalue weighted by Gasteiger charge is -2.05. The Morgan fingerprint density at radius 3 is 2.88 bits per heavy atom. The lowest BCUT2D eigenvalue weighted by Crippen LogP contribution is -2.30. The molecule has 0 aliphatic carbocycles. The third kappa shape index (κ3) is 4.01. The molecule has 0 fully saturated rings. The summed E-state index contributed by atoms with van der Waals surface area (Å²) in [6.07, 6.45) is -0.880. The molecule has 0 rings (SSSR count). The fourth-order valence-electron chi connectivity index (χ4n) is 0.316. The van der Waals surface area contributed by atoms with Crippen LogP contribution >= 0.6 is 0 Å². The van der Waals surface area contributed by atoms with E-state index in [1.165, 1.54) is 0 Å². The summed E-state index contributed by atoms with van der Waals surface area (Å²) in [6, 6.07) is 0. The average Bonchev–Trinajstić information content (AvgIpc) is 1.83. The zero-order valence-electron chi connectivity index (χ0n) is 4.92. The van der Waals surface area contributed by atoms with E-state index in [-0.39, 0.29) is 0 Å². The van der Waals surface area contributed by atoms with Crippen LogP contribution in [0.4, 0.5) is 0 Å². The van der Waals surface area contributed by atoms with Gasteiger partial charge in [0.1, 0.15) is 0 Å². The van der Waals surface area contributed by atoms with Crippen LogP contribution in [0.15, 0.2) is 0 Å². The molecule has 0 bridgehead atoms. The maximum absolute atomic E-state index is 8.58. The van der Waals surface area contributed by atoms with Gasteiger partial charge in [-0.2, -0.15) is 0 Å². The summed E-state index contributed by atoms with van der Waals surface area (Å²) >= 11 is 0. The molecule has 0 saturated carbocycles. The molecule has 0 amide bonds. The topological polar surface area (TPSA) is 67.5 Å². The Morgan fingerprint density at radius 2 is 2.50 bits per heavy atom. The van der Waals surface area contributed by atoms with Crippen molar-refractivity contribution in [1.29, 1.82) is 0 Å². The van der Waals surface area contributed by atoms with Crippen molar-refractivity contribution in [3.8, 4) is 0 Å². The zero-order chi connectivity index (χ0) is 6.41. The van der Waals surface area contributed by atoms with Gasteiger partial charge in [-0.1, -0.05) is 6.92 Å². The van der Waals surface area contributed by atoms with E-state index in [0.717, 1.165) is 6.54 Å². The van der Waals surface area contributed by atoms with E-state index in [9.17, 15) is 0 Å². The molecular formula is C4H12N2O2. The molecule has 4 heteroatoms. The van der Waals surface area contributed by atoms with Gasteiger partial charge in [0.15, 0.2) is 6.29 Å². The SMILES string of the molecule is CCNCC(O)ON. The number of rotatable bonds is 4. The van der Waals surface area contributed by atoms with Crippen LogP contribution in [0, 0.1) is 0 Å². The summed E-state index contributed by atoms with van der Waals surface area (Å²) < 4.78 is 0. The largest absolute Gasteiger partial charge is 0.366 e. The lowest BCUT2D eigenvalue weighted by atomic mass is 10.6. The molecule has 0 saturated heterocycles. The first-order valence-electron chi connectivity index (χ1n) is 2.55. The number of hydrogen-bond donors (Lipinski definition) is 3. The summed E-state index contributed by atoms with van der Waals surface area (Å²) in [4.78, 5) is 4.05. The third-order valence-electron chi connectivity index (χ3n) is 0.726. The second-order valence-electron chi connectivity index (χ2n) is 1.40. The molecule has 50 valence electrons. The predicted octanol–water partition coefficient (Wildman–Crippen LogP) is -1.20. The van der Waals surface area contributed by atoms with Crippen molar-refractivity contribution in [1.82, 2.24) is 5.32 Å². The molecule has 4 N–H and O–H groups in total. The number of nitrogens with one attached hydrogen (secondary N) is 1. The van der Waals surface area contributed by atoms with Crippen LogP contribution in [0.1, 0.15) is 6.92 Å². The fourth-order valence-corrected chi connectivity index (χ4v) is 0.316. The van der Waals surface area contributed by atoms with Gasteiger partial charge in [0, 0.05) is 6.54 Å². The van der Waals surface area contributed by atoms with E-state index in [1.54, 1.807) is 0 Å². The van der Waals surface area contributed by atoms with Crippen LogP contribution in [0.25, 0.3) is 0 Å². The van der Waals surface area contributed by atoms with Gasteiger partial charge in [-0.15, -0.1) is 0 Å². The molecule has 1 unspecified atom stereocenters. The molecule has 0 aliphatic heterocycles. The zero-order valence-corrected chi connectivity index (χ0v) is 4.92. The van der Waals surface area contributed by atoms with Gasteiger partial charge >= 0.3 is 0 Å². The van der Waals surface area contributed by atoms with Crippen LogP contribution in [0.5, 0.6) is 0 Å². The highest BCUT2D eigenvalue weighted by Crippen LogP contribution is 1.74. The van der Waals surface area contributed by atoms with Crippen molar-refractivity contribution in [2.75, 3.05) is 13.1 Å². The first kappa shape index (κ1) is 7.84. The average molecular weight is 120 g/mol. The number of likely N-dealkylation sites (N-methyl/N-ethyl adjacent to an activating group) is 1. The maximum atomic E-state index is 8.58. The second kappa shape index (κ2) is 4.99. The Morgan fingerprint density at radius 1 is 1.88 bits per heavy atom. The molecule has 0 aromatic rings. The Hall–Kier alpha value is -0.160. The van der Waals surface area contributed by atoms with Gasteiger partial charge in [0.05, 0.1) is 0 Å². The van der Waals surface area contributed by atoms with Gasteiger partial charge in [0.2, 0.25) is 0 Å². The predicted molar refractivity (Wildman–Crippen MR) is 29.8 cm³/mol. The van der Waals surface area contributed by atoms with Gasteiger partial charge in [0.25, 0.3) is 0 Å². The first-order chi connectivity index (χ1) is 3.81. The first-order valence-corrected chi connectivity index (χ1v) is 2.55. The van der Waals surface area contributed by atoms with Gasteiger partial charge < -0.3 is 10.4 Å². The van der Waals surface area contributed by atoms with Crippen molar-refractivity contribution in [3.63, 3.8) is 0 Å². The maximum Gasteiger partial charge on any atom is 0.186 e. The van der Waals surface area contributed by atoms with E-state index < -0.39 is 6.29 Å². The summed E-state index contributed by atoms with van der Waals surface area (Å²) in [7, 11) is 0. The van der Waals surface area contributed by atoms with Crippen LogP contribution in [0.3, 0.4) is 0 Å². The van der Waals surface area contributed by atoms with Crippen molar-refractivity contribution < 1.29 is 9.94 Å². The Balaban J connectivity index is 2.86. The minimum absolute atomic E-state index is 0.382. The molecular weight excluding hydrogens is 108 g/mol. The Kier molecular flexibility index (Phi) is 4.89. The number of nitrogens with two attached hydrogens (primary N) is 1. The highest BCUT2D eigenvalue weighted by molar-refractivity contribution is 4.42. The van der Waals surface area contributed by atoms with E-state index in [1.807, 2.05) is 6.92 Å². The van der Waals surface area contributed by atoms with Crippen molar-refractivity contribution in [3.05, 3.63) is 0 Å². The van der Waals surface area contributed by atoms with Crippen molar-refractivity contribution in [2.45, 2.75) is 13.2 Å². The summed E-state index contributed by atoms with van der Waals surface area (Å²) in [5.74, 6) is 4.62. The molecule has 0 aromatic heterocycles. The third-order valence-corrected chi connectivity index (χ3v) is 0.726. The highest BCUT2D eigenvalue weighted by Gasteiger charge is 1.96. The summed E-state index contributed by atoms with van der Waals surface area (Å²) in [5, 5.41) is 11.4. The molecule has 0 aromatic carbocycles. The van der Waals surface area contributed by atoms with Gasteiger partial charge in [-0.25, -0.2) is 5.90 Å². The minimum Gasteiger partial charge on any atom is -0.366 e. The monoisotopic (exact) mass is 120 g/mol. The molecule has 0 radical (unpaired) electrons. The number of aliphatic hydroxyl groups is 1. The quantitative estimate of drug-likeness (QED) is 0.322. The van der Waals surface area contributed by atoms with E-state index >= 15 is 0 Å². The normalized spacial score (nSPS) is 13.9. The van der Waals surface area contributed by atoms with E-state index in [4.69, 9.17) is 5.11 Å². The summed E-state index contributed by atoms with van der Waals surface area (Å²) in [5.41, 5.74) is 0. The fraction of sp³-hybridized carbons (Fsp3) is 1.00. The highest BCUT2D eigenvalue weighted by atomic mass is 16.7. The molecule has 1 atom stereocenters. The van der Waals surface area contributed by atoms with Crippen LogP contribution in [0.2, 0.25) is 0 Å². The van der Waals surface area contributed by atoms with Gasteiger partial charge in [-0.3, -0.25) is 4.84 Å². The molecule has 0 spiro atoms. The molecule has 0 aliphatic rings. The van der Waals surface area contributed by atoms with Crippen LogP contribution < -0.4 is 11.2 Å². The van der Waals surface area contributed by atoms with E-state index in [2.05, 4.69) is 16.1 Å². The van der Waals surface area contributed by atoms with Gasteiger partial charge in [-0.05, 0) is 6.54 Å². The smallest absolute Gasteiger partial charge is 0.186 e. The molecule has 8 heavy (non-hydrogen) atoms. The Labute approximate surface area is 48.6 Å². The molecule has 4 nitrogen and oxygen atoms in total. The number of hydrogen-bond acceptors (Lipinski definition) is 4. The standard InChI is InChI=1S/C4H12N2O2/c1-2-6-3-4(7)8-5/h4,6-7H,2-3,5H2,1H3. The van der Waals surface area contributed by atoms with Crippen LogP contribution in [-0.4, -0.2) is 24.5 Å².